The molecule has 2 unspecified atom stereocenters. The monoisotopic (exact) mass is 224 g/mol. The summed E-state index contributed by atoms with van der Waals surface area (Å²) in [6.45, 7) is 10.0. The lowest BCUT2D eigenvalue weighted by atomic mass is 9.89. The summed E-state index contributed by atoms with van der Waals surface area (Å²) in [5.41, 5.74) is 7.37. The fourth-order valence-corrected chi connectivity index (χ4v) is 2.68. The molecule has 1 aliphatic rings. The van der Waals surface area contributed by atoms with Crippen LogP contribution in [0.15, 0.2) is 12.2 Å². The predicted octanol–water partition coefficient (Wildman–Crippen LogP) is 2.84. The van der Waals surface area contributed by atoms with Crippen molar-refractivity contribution in [1.29, 1.82) is 0 Å². The quantitative estimate of drug-likeness (QED) is 0.556. The van der Waals surface area contributed by atoms with Crippen molar-refractivity contribution in [3.8, 4) is 0 Å². The Morgan fingerprint density at radius 3 is 2.75 bits per heavy atom. The lowest BCUT2D eigenvalue weighted by molar-refractivity contribution is 0.296. The van der Waals surface area contributed by atoms with Gasteiger partial charge in [0.1, 0.15) is 0 Å². The maximum Gasteiger partial charge on any atom is 0.0307 e. The molecular formula is C14H28N2. The molecule has 2 nitrogen and oxygen atoms in total. The Labute approximate surface area is 101 Å². The summed E-state index contributed by atoms with van der Waals surface area (Å²) < 4.78 is 0. The summed E-state index contributed by atoms with van der Waals surface area (Å²) >= 11 is 0. The van der Waals surface area contributed by atoms with Crippen molar-refractivity contribution in [3.05, 3.63) is 12.2 Å². The van der Waals surface area contributed by atoms with E-state index in [2.05, 4.69) is 25.7 Å². The van der Waals surface area contributed by atoms with Gasteiger partial charge < -0.3 is 11.1 Å². The highest BCUT2D eigenvalue weighted by Gasteiger charge is 2.30. The lowest BCUT2D eigenvalue weighted by Gasteiger charge is -2.33. The van der Waals surface area contributed by atoms with E-state index in [-0.39, 0.29) is 5.54 Å². The molecule has 1 aliphatic carbocycles. The third-order valence-corrected chi connectivity index (χ3v) is 4.03. The van der Waals surface area contributed by atoms with Gasteiger partial charge in [0.2, 0.25) is 0 Å². The van der Waals surface area contributed by atoms with E-state index in [1.54, 1.807) is 0 Å². The first-order valence-electron chi connectivity index (χ1n) is 6.71. The van der Waals surface area contributed by atoms with Gasteiger partial charge in [-0.05, 0) is 32.1 Å². The average molecular weight is 224 g/mol. The number of nitrogens with two attached hydrogens (primary N) is 1. The SMILES string of the molecule is C=C(C)CNC1(CN)CCCC(CC)CC1. The molecule has 0 aromatic heterocycles. The van der Waals surface area contributed by atoms with Gasteiger partial charge in [0.25, 0.3) is 0 Å². The molecule has 16 heavy (non-hydrogen) atoms. The van der Waals surface area contributed by atoms with E-state index >= 15 is 0 Å². The van der Waals surface area contributed by atoms with Crippen LogP contribution in [0.5, 0.6) is 0 Å². The molecule has 1 saturated carbocycles. The first-order chi connectivity index (χ1) is 7.62. The van der Waals surface area contributed by atoms with Gasteiger partial charge in [-0.2, -0.15) is 0 Å². The van der Waals surface area contributed by atoms with Gasteiger partial charge in [-0.25, -0.2) is 0 Å². The van der Waals surface area contributed by atoms with Gasteiger partial charge in [-0.3, -0.25) is 0 Å². The van der Waals surface area contributed by atoms with Crippen LogP contribution < -0.4 is 11.1 Å². The zero-order valence-corrected chi connectivity index (χ0v) is 11.0. The Morgan fingerprint density at radius 2 is 2.19 bits per heavy atom. The summed E-state index contributed by atoms with van der Waals surface area (Å²) in [7, 11) is 0. The molecule has 94 valence electrons. The van der Waals surface area contributed by atoms with Crippen LogP contribution in [0.4, 0.5) is 0 Å². The second-order valence-corrected chi connectivity index (χ2v) is 5.50. The van der Waals surface area contributed by atoms with Gasteiger partial charge >= 0.3 is 0 Å². The molecule has 0 radical (unpaired) electrons. The zero-order chi connectivity index (χ0) is 12.0. The number of nitrogens with one attached hydrogen (secondary N) is 1. The molecule has 2 atom stereocenters. The molecule has 0 saturated heterocycles. The van der Waals surface area contributed by atoms with E-state index in [4.69, 9.17) is 5.73 Å². The summed E-state index contributed by atoms with van der Waals surface area (Å²) in [5, 5.41) is 3.64. The maximum atomic E-state index is 5.99. The van der Waals surface area contributed by atoms with E-state index in [0.717, 1.165) is 19.0 Å². The van der Waals surface area contributed by atoms with Crippen LogP contribution in [0.1, 0.15) is 52.4 Å². The highest BCUT2D eigenvalue weighted by atomic mass is 15.0. The molecule has 2 heteroatoms. The molecule has 3 N–H and O–H groups in total. The maximum absolute atomic E-state index is 5.99. The Kier molecular flexibility index (Phi) is 5.50. The van der Waals surface area contributed by atoms with Gasteiger partial charge in [0.15, 0.2) is 0 Å². The Bertz CT molecular complexity index is 225. The number of rotatable bonds is 5. The molecule has 0 aromatic carbocycles. The zero-order valence-electron chi connectivity index (χ0n) is 11.0. The minimum Gasteiger partial charge on any atom is -0.329 e. The molecule has 0 aliphatic heterocycles. The second-order valence-electron chi connectivity index (χ2n) is 5.50. The Balaban J connectivity index is 2.54. The molecule has 0 heterocycles. The van der Waals surface area contributed by atoms with Crippen LogP contribution in [0, 0.1) is 5.92 Å². The van der Waals surface area contributed by atoms with Gasteiger partial charge in [0, 0.05) is 18.6 Å². The topological polar surface area (TPSA) is 38.0 Å². The number of hydrogen-bond acceptors (Lipinski definition) is 2. The Morgan fingerprint density at radius 1 is 1.44 bits per heavy atom. The predicted molar refractivity (Wildman–Crippen MR) is 71.5 cm³/mol. The first-order valence-corrected chi connectivity index (χ1v) is 6.71. The summed E-state index contributed by atoms with van der Waals surface area (Å²) in [5.74, 6) is 0.917. The highest BCUT2D eigenvalue weighted by Crippen LogP contribution is 2.31. The minimum absolute atomic E-state index is 0.183. The van der Waals surface area contributed by atoms with Crippen LogP contribution in [0.25, 0.3) is 0 Å². The Hall–Kier alpha value is -0.340. The van der Waals surface area contributed by atoms with Crippen molar-refractivity contribution >= 4 is 0 Å². The lowest BCUT2D eigenvalue weighted by Crippen LogP contribution is -2.51. The van der Waals surface area contributed by atoms with E-state index in [1.807, 2.05) is 0 Å². The van der Waals surface area contributed by atoms with Crippen LogP contribution in [0.3, 0.4) is 0 Å². The summed E-state index contributed by atoms with van der Waals surface area (Å²) in [4.78, 5) is 0. The fourth-order valence-electron chi connectivity index (χ4n) is 2.68. The number of hydrogen-bond donors (Lipinski definition) is 2. The molecule has 1 rings (SSSR count). The van der Waals surface area contributed by atoms with Crippen molar-refractivity contribution in [2.45, 2.75) is 57.9 Å². The van der Waals surface area contributed by atoms with Crippen molar-refractivity contribution in [3.63, 3.8) is 0 Å². The van der Waals surface area contributed by atoms with Crippen molar-refractivity contribution in [2.75, 3.05) is 13.1 Å². The van der Waals surface area contributed by atoms with E-state index in [0.29, 0.717) is 0 Å². The van der Waals surface area contributed by atoms with Gasteiger partial charge in [-0.15, -0.1) is 0 Å². The van der Waals surface area contributed by atoms with Gasteiger partial charge in [-0.1, -0.05) is 38.3 Å². The van der Waals surface area contributed by atoms with Gasteiger partial charge in [0.05, 0.1) is 0 Å². The van der Waals surface area contributed by atoms with E-state index in [1.165, 1.54) is 44.1 Å². The van der Waals surface area contributed by atoms with E-state index < -0.39 is 0 Å². The molecular weight excluding hydrogens is 196 g/mol. The van der Waals surface area contributed by atoms with Crippen molar-refractivity contribution in [2.24, 2.45) is 11.7 Å². The largest absolute Gasteiger partial charge is 0.329 e. The average Bonchev–Trinajstić information content (AvgIpc) is 2.49. The van der Waals surface area contributed by atoms with Crippen molar-refractivity contribution < 1.29 is 0 Å². The summed E-state index contributed by atoms with van der Waals surface area (Å²) in [6.07, 6.45) is 7.81. The van der Waals surface area contributed by atoms with E-state index in [9.17, 15) is 0 Å². The van der Waals surface area contributed by atoms with Crippen LogP contribution >= 0.6 is 0 Å². The van der Waals surface area contributed by atoms with Crippen LogP contribution in [-0.2, 0) is 0 Å². The highest BCUT2D eigenvalue weighted by molar-refractivity contribution is 4.98. The van der Waals surface area contributed by atoms with Crippen molar-refractivity contribution in [1.82, 2.24) is 5.32 Å². The molecule has 0 aromatic rings. The minimum atomic E-state index is 0.183. The van der Waals surface area contributed by atoms with Crippen LogP contribution in [0.2, 0.25) is 0 Å². The molecule has 1 fully saturated rings. The second kappa shape index (κ2) is 6.41. The smallest absolute Gasteiger partial charge is 0.0307 e. The third kappa shape index (κ3) is 3.91. The first kappa shape index (κ1) is 13.7. The molecule has 0 spiro atoms. The normalized spacial score (nSPS) is 31.1. The third-order valence-electron chi connectivity index (χ3n) is 4.03. The summed E-state index contributed by atoms with van der Waals surface area (Å²) in [6, 6.07) is 0. The van der Waals surface area contributed by atoms with Crippen LogP contribution in [-0.4, -0.2) is 18.6 Å². The fraction of sp³-hybridized carbons (Fsp3) is 0.857. The molecule has 0 bridgehead atoms. The standard InChI is InChI=1S/C14H28N2/c1-4-13-6-5-8-14(11-15,9-7-13)16-10-12(2)3/h13,16H,2,4-11,15H2,1,3H3. The molecule has 0 amide bonds.